The number of thiazole rings is 1. The van der Waals surface area contributed by atoms with Crippen molar-refractivity contribution in [3.05, 3.63) is 29.3 Å². The highest BCUT2D eigenvalue weighted by Crippen LogP contribution is 2.33. The van der Waals surface area contributed by atoms with Crippen molar-refractivity contribution in [1.29, 1.82) is 0 Å². The molecule has 1 aromatic carbocycles. The molecule has 2 heterocycles. The fraction of sp³-hybridized carbons (Fsp3) is 0.609. The number of nitrogens with zero attached hydrogens (tertiary/aromatic N) is 4. The van der Waals surface area contributed by atoms with E-state index in [2.05, 4.69) is 20.1 Å². The van der Waals surface area contributed by atoms with Crippen LogP contribution in [-0.4, -0.2) is 84.6 Å². The maximum absolute atomic E-state index is 5.73. The van der Waals surface area contributed by atoms with Gasteiger partial charge in [0.2, 0.25) is 5.13 Å². The van der Waals surface area contributed by atoms with Gasteiger partial charge in [-0.15, -0.1) is 21.6 Å². The fourth-order valence-electron chi connectivity index (χ4n) is 3.15. The summed E-state index contributed by atoms with van der Waals surface area (Å²) in [6, 6.07) is 5.72. The third kappa shape index (κ3) is 10.1. The first-order valence-electron chi connectivity index (χ1n) is 11.6. The smallest absolute Gasteiger partial charge is 0.230 e. The van der Waals surface area contributed by atoms with Gasteiger partial charge in [-0.2, -0.15) is 0 Å². The number of azo groups is 1. The summed E-state index contributed by atoms with van der Waals surface area (Å²) in [7, 11) is 1.64. The lowest BCUT2D eigenvalue weighted by molar-refractivity contribution is -0.301. The third-order valence-corrected chi connectivity index (χ3v) is 5.60. The topological polar surface area (TPSA) is 105 Å². The molecular weight excluding hydrogens is 476 g/mol. The molecule has 1 aliphatic rings. The summed E-state index contributed by atoms with van der Waals surface area (Å²) in [5, 5.41) is 11.0. The molecule has 194 valence electrons. The van der Waals surface area contributed by atoms with Crippen LogP contribution >= 0.6 is 11.3 Å². The first kappa shape index (κ1) is 27.4. The van der Waals surface area contributed by atoms with Gasteiger partial charge in [0.15, 0.2) is 0 Å². The van der Waals surface area contributed by atoms with E-state index in [0.717, 1.165) is 11.4 Å². The summed E-state index contributed by atoms with van der Waals surface area (Å²) >= 11 is 1.39. The quantitative estimate of drug-likeness (QED) is 0.226. The van der Waals surface area contributed by atoms with Gasteiger partial charge in [-0.3, -0.25) is 0 Å². The van der Waals surface area contributed by atoms with Gasteiger partial charge in [0, 0.05) is 24.5 Å². The molecule has 1 saturated heterocycles. The van der Waals surface area contributed by atoms with Crippen LogP contribution in [0.4, 0.5) is 16.5 Å². The molecule has 0 atom stereocenters. The number of hydrogen-bond donors (Lipinski definition) is 0. The van der Waals surface area contributed by atoms with Crippen LogP contribution < -0.4 is 9.64 Å². The van der Waals surface area contributed by atoms with E-state index in [4.69, 9.17) is 33.5 Å². The molecule has 35 heavy (non-hydrogen) atoms. The molecule has 3 rings (SSSR count). The Morgan fingerprint density at radius 1 is 0.914 bits per heavy atom. The Kier molecular flexibility index (Phi) is 12.9. The maximum Gasteiger partial charge on any atom is 0.230 e. The summed E-state index contributed by atoms with van der Waals surface area (Å²) in [4.78, 5) is 16.5. The molecule has 11 nitrogen and oxygen atoms in total. The second kappa shape index (κ2) is 16.5. The van der Waals surface area contributed by atoms with Crippen molar-refractivity contribution in [2.75, 3.05) is 84.6 Å². The maximum atomic E-state index is 5.73. The van der Waals surface area contributed by atoms with Crippen molar-refractivity contribution >= 4 is 27.8 Å². The molecule has 1 aliphatic heterocycles. The Bertz CT molecular complexity index is 867. The summed E-state index contributed by atoms with van der Waals surface area (Å²) in [5.41, 5.74) is 2.33. The van der Waals surface area contributed by atoms with E-state index in [0.29, 0.717) is 89.1 Å². The molecule has 0 amide bonds. The Morgan fingerprint density at radius 2 is 1.57 bits per heavy atom. The number of aromatic nitrogens is 1. The van der Waals surface area contributed by atoms with E-state index in [1.807, 2.05) is 30.5 Å². The number of rotatable bonds is 8. The van der Waals surface area contributed by atoms with E-state index in [1.54, 1.807) is 7.11 Å². The first-order valence-corrected chi connectivity index (χ1v) is 12.5. The van der Waals surface area contributed by atoms with Gasteiger partial charge in [-0.25, -0.2) is 14.8 Å². The predicted octanol–water partition coefficient (Wildman–Crippen LogP) is 3.92. The van der Waals surface area contributed by atoms with E-state index in [9.17, 15) is 0 Å². The van der Waals surface area contributed by atoms with Gasteiger partial charge < -0.3 is 28.6 Å². The minimum Gasteiger partial charge on any atom is -0.495 e. The number of anilines is 1. The lowest BCUT2D eigenvalue weighted by Crippen LogP contribution is -2.31. The molecule has 1 aromatic heterocycles. The number of benzene rings is 1. The average molecular weight is 511 g/mol. The molecule has 0 radical (unpaired) electrons. The first-order chi connectivity index (χ1) is 17.3. The van der Waals surface area contributed by atoms with Crippen molar-refractivity contribution in [3.8, 4) is 5.75 Å². The molecule has 1 fully saturated rings. The standard InChI is InChI=1S/C23H34N4O7S/c1-3-33-34-17-20-18-35-23(24-20)26-25-19-4-5-21(22(16-19)28-2)27-6-8-29-10-12-31-14-15-32-13-11-30-9-7-27/h4-5,16,18H,3,6-15,17H2,1-2H3. The Labute approximate surface area is 209 Å². The van der Waals surface area contributed by atoms with Crippen LogP contribution in [0.5, 0.6) is 5.75 Å². The third-order valence-electron chi connectivity index (χ3n) is 4.83. The van der Waals surface area contributed by atoms with Crippen LogP contribution in [0.3, 0.4) is 0 Å². The fourth-order valence-corrected chi connectivity index (χ4v) is 3.77. The summed E-state index contributed by atoms with van der Waals surface area (Å²) in [5.74, 6) is 0.691. The average Bonchev–Trinajstić information content (AvgIpc) is 3.33. The molecule has 0 bridgehead atoms. The van der Waals surface area contributed by atoms with Crippen LogP contribution in [0, 0.1) is 0 Å². The zero-order chi connectivity index (χ0) is 24.6. The Morgan fingerprint density at radius 3 is 2.20 bits per heavy atom. The van der Waals surface area contributed by atoms with Gasteiger partial charge in [0.25, 0.3) is 0 Å². The summed E-state index contributed by atoms with van der Waals surface area (Å²) < 4.78 is 28.1. The number of hydrogen-bond acceptors (Lipinski definition) is 12. The normalized spacial score (nSPS) is 17.3. The van der Waals surface area contributed by atoms with Crippen LogP contribution in [0.25, 0.3) is 0 Å². The number of ether oxygens (including phenoxy) is 5. The minimum absolute atomic E-state index is 0.270. The van der Waals surface area contributed by atoms with E-state index >= 15 is 0 Å². The SMILES string of the molecule is CCOOCc1csc(N=Nc2ccc(N3CCOCCOCCOCCOCC3)c(OC)c2)n1. The zero-order valence-electron chi connectivity index (χ0n) is 20.3. The monoisotopic (exact) mass is 510 g/mol. The largest absolute Gasteiger partial charge is 0.495 e. The van der Waals surface area contributed by atoms with Gasteiger partial charge in [-0.05, 0) is 19.1 Å². The summed E-state index contributed by atoms with van der Waals surface area (Å²) in [6.07, 6.45) is 0. The highest BCUT2D eigenvalue weighted by molar-refractivity contribution is 7.13. The Balaban J connectivity index is 1.63. The van der Waals surface area contributed by atoms with Crippen LogP contribution in [-0.2, 0) is 35.3 Å². The summed E-state index contributed by atoms with van der Waals surface area (Å²) in [6.45, 7) is 8.38. The van der Waals surface area contributed by atoms with Crippen LogP contribution in [0.15, 0.2) is 33.8 Å². The van der Waals surface area contributed by atoms with E-state index in [1.165, 1.54) is 11.3 Å². The van der Waals surface area contributed by atoms with Gasteiger partial charge in [0.1, 0.15) is 12.4 Å². The minimum atomic E-state index is 0.270. The highest BCUT2D eigenvalue weighted by Gasteiger charge is 2.14. The molecule has 0 unspecified atom stereocenters. The molecule has 0 saturated carbocycles. The second-order valence-corrected chi connectivity index (χ2v) is 8.12. The van der Waals surface area contributed by atoms with Gasteiger partial charge in [0.05, 0.1) is 83.6 Å². The second-order valence-electron chi connectivity index (χ2n) is 7.28. The molecule has 12 heteroatoms. The van der Waals surface area contributed by atoms with Crippen molar-refractivity contribution < 1.29 is 33.5 Å². The van der Waals surface area contributed by atoms with E-state index < -0.39 is 0 Å². The number of methoxy groups -OCH3 is 1. The lowest BCUT2D eigenvalue weighted by Gasteiger charge is -2.26. The van der Waals surface area contributed by atoms with E-state index in [-0.39, 0.29) is 6.61 Å². The van der Waals surface area contributed by atoms with Crippen molar-refractivity contribution in [2.45, 2.75) is 13.5 Å². The van der Waals surface area contributed by atoms with Crippen LogP contribution in [0.1, 0.15) is 12.6 Å². The Hall–Kier alpha value is -2.19. The van der Waals surface area contributed by atoms with Gasteiger partial charge >= 0.3 is 0 Å². The molecule has 0 aliphatic carbocycles. The van der Waals surface area contributed by atoms with Crippen molar-refractivity contribution in [3.63, 3.8) is 0 Å². The van der Waals surface area contributed by atoms with Crippen molar-refractivity contribution in [1.82, 2.24) is 4.98 Å². The van der Waals surface area contributed by atoms with Crippen LogP contribution in [0.2, 0.25) is 0 Å². The predicted molar refractivity (Wildman–Crippen MR) is 131 cm³/mol. The molecule has 2 aromatic rings. The molecule has 0 N–H and O–H groups in total. The highest BCUT2D eigenvalue weighted by atomic mass is 32.1. The molecule has 0 spiro atoms. The molecular formula is C23H34N4O7S. The van der Waals surface area contributed by atoms with Crippen molar-refractivity contribution in [2.24, 2.45) is 10.2 Å². The van der Waals surface area contributed by atoms with Gasteiger partial charge in [-0.1, -0.05) is 0 Å². The zero-order valence-corrected chi connectivity index (χ0v) is 21.2. The lowest BCUT2D eigenvalue weighted by atomic mass is 10.2.